The van der Waals surface area contributed by atoms with Crippen molar-refractivity contribution in [2.75, 3.05) is 10.0 Å². The van der Waals surface area contributed by atoms with Crippen molar-refractivity contribution in [1.29, 1.82) is 0 Å². The van der Waals surface area contributed by atoms with Crippen LogP contribution in [0.4, 0.5) is 11.5 Å². The molecule has 0 saturated heterocycles. The van der Waals surface area contributed by atoms with Crippen molar-refractivity contribution in [1.82, 2.24) is 15.0 Å². The van der Waals surface area contributed by atoms with E-state index >= 15 is 0 Å². The molecule has 2 N–H and O–H groups in total. The van der Waals surface area contributed by atoms with E-state index in [4.69, 9.17) is 16.6 Å². The number of aromatic nitrogens is 3. The lowest BCUT2D eigenvalue weighted by molar-refractivity contribution is 0.102. The summed E-state index contributed by atoms with van der Waals surface area (Å²) in [6.07, 6.45) is 0. The van der Waals surface area contributed by atoms with Gasteiger partial charge in [0, 0.05) is 33.4 Å². The van der Waals surface area contributed by atoms with Gasteiger partial charge in [-0.2, -0.15) is 0 Å². The van der Waals surface area contributed by atoms with Gasteiger partial charge >= 0.3 is 0 Å². The summed E-state index contributed by atoms with van der Waals surface area (Å²) in [5.41, 5.74) is 3.43. The molecule has 10 heteroatoms. The Kier molecular flexibility index (Phi) is 6.79. The maximum atomic E-state index is 13.4. The molecule has 8 nitrogen and oxygen atoms in total. The van der Waals surface area contributed by atoms with Gasteiger partial charge in [0.05, 0.1) is 21.7 Å². The Bertz CT molecular complexity index is 1770. The molecular weight excluding hydrogens is 522 g/mol. The minimum atomic E-state index is -3.89. The van der Waals surface area contributed by atoms with Gasteiger partial charge in [-0.05, 0) is 56.3 Å². The maximum Gasteiger partial charge on any atom is 0.263 e. The average Bonchev–Trinajstić information content (AvgIpc) is 2.87. The number of para-hydroxylation sites is 1. The molecule has 0 spiro atoms. The van der Waals surface area contributed by atoms with Crippen LogP contribution < -0.4 is 10.0 Å². The molecule has 0 aliphatic rings. The predicted molar refractivity (Wildman–Crippen MR) is 149 cm³/mol. The number of sulfonamides is 1. The summed E-state index contributed by atoms with van der Waals surface area (Å²) in [5, 5.41) is 4.06. The molecule has 0 bridgehead atoms. The largest absolute Gasteiger partial charge is 0.322 e. The molecule has 0 saturated carbocycles. The highest BCUT2D eigenvalue weighted by molar-refractivity contribution is 7.92. The molecule has 0 radical (unpaired) electrons. The van der Waals surface area contributed by atoms with E-state index in [-0.39, 0.29) is 16.6 Å². The number of amides is 1. The fraction of sp³-hybridized carbons (Fsp3) is 0.0714. The van der Waals surface area contributed by atoms with Crippen LogP contribution >= 0.6 is 11.6 Å². The second kappa shape index (κ2) is 10.2. The molecule has 0 atom stereocenters. The van der Waals surface area contributed by atoms with Crippen LogP contribution in [0, 0.1) is 13.8 Å². The summed E-state index contributed by atoms with van der Waals surface area (Å²) in [4.78, 5) is 26.4. The molecule has 0 aliphatic carbocycles. The highest BCUT2D eigenvalue weighted by Crippen LogP contribution is 2.30. The van der Waals surface area contributed by atoms with Crippen LogP contribution in [0.25, 0.3) is 22.2 Å². The number of benzene rings is 3. The SMILES string of the molecule is Cc1cc(NS(=O)(=O)c2ccc(NC(=O)c3cc(-c4ccccc4Cl)nc4ccccc34)cc2)nc(C)n1. The first kappa shape index (κ1) is 25.3. The smallest absolute Gasteiger partial charge is 0.263 e. The van der Waals surface area contributed by atoms with Crippen molar-refractivity contribution < 1.29 is 13.2 Å². The number of carbonyl (C=O) groups is 1. The molecular formula is C28H22ClN5O3S. The molecule has 38 heavy (non-hydrogen) atoms. The number of fused-ring (bicyclic) bond motifs is 1. The first-order valence-corrected chi connectivity index (χ1v) is 13.5. The van der Waals surface area contributed by atoms with E-state index < -0.39 is 10.0 Å². The average molecular weight is 544 g/mol. The van der Waals surface area contributed by atoms with Crippen molar-refractivity contribution in [2.24, 2.45) is 0 Å². The van der Waals surface area contributed by atoms with E-state index in [0.717, 1.165) is 0 Å². The van der Waals surface area contributed by atoms with Crippen molar-refractivity contribution >= 4 is 49.9 Å². The third-order valence-electron chi connectivity index (χ3n) is 5.74. The molecule has 2 heterocycles. The number of hydrogen-bond donors (Lipinski definition) is 2. The van der Waals surface area contributed by atoms with E-state index in [1.165, 1.54) is 24.3 Å². The van der Waals surface area contributed by atoms with E-state index in [2.05, 4.69) is 20.0 Å². The Morgan fingerprint density at radius 2 is 1.55 bits per heavy atom. The zero-order valence-corrected chi connectivity index (χ0v) is 22.0. The summed E-state index contributed by atoms with van der Waals surface area (Å²) < 4.78 is 28.2. The van der Waals surface area contributed by atoms with Gasteiger partial charge in [-0.15, -0.1) is 0 Å². The number of nitrogens with zero attached hydrogens (tertiary/aromatic N) is 3. The van der Waals surface area contributed by atoms with Gasteiger partial charge in [-0.1, -0.05) is 48.0 Å². The highest BCUT2D eigenvalue weighted by Gasteiger charge is 2.18. The van der Waals surface area contributed by atoms with Crippen molar-refractivity contribution in [3.63, 3.8) is 0 Å². The molecule has 3 aromatic carbocycles. The van der Waals surface area contributed by atoms with Crippen LogP contribution in [0.15, 0.2) is 89.8 Å². The minimum Gasteiger partial charge on any atom is -0.322 e. The summed E-state index contributed by atoms with van der Waals surface area (Å²) >= 11 is 6.39. The zero-order chi connectivity index (χ0) is 26.9. The Hall–Kier alpha value is -4.34. The molecule has 1 amide bonds. The van der Waals surface area contributed by atoms with Crippen LogP contribution in [-0.4, -0.2) is 29.3 Å². The molecule has 5 rings (SSSR count). The summed E-state index contributed by atoms with van der Waals surface area (Å²) in [6, 6.07) is 23.8. The van der Waals surface area contributed by atoms with Crippen LogP contribution in [0.5, 0.6) is 0 Å². The number of halogens is 1. The minimum absolute atomic E-state index is 0.0276. The fourth-order valence-corrected chi connectivity index (χ4v) is 5.28. The van der Waals surface area contributed by atoms with E-state index in [1.807, 2.05) is 42.5 Å². The van der Waals surface area contributed by atoms with Crippen molar-refractivity contribution in [2.45, 2.75) is 18.7 Å². The Balaban J connectivity index is 1.42. The number of carbonyl (C=O) groups excluding carboxylic acids is 1. The van der Waals surface area contributed by atoms with Crippen LogP contribution in [0.3, 0.4) is 0 Å². The fourth-order valence-electron chi connectivity index (χ4n) is 4.05. The van der Waals surface area contributed by atoms with Gasteiger partial charge in [0.1, 0.15) is 11.6 Å². The van der Waals surface area contributed by atoms with Gasteiger partial charge in [0.2, 0.25) is 0 Å². The van der Waals surface area contributed by atoms with Crippen molar-refractivity contribution in [3.8, 4) is 11.3 Å². The third-order valence-corrected chi connectivity index (χ3v) is 7.44. The number of hydrogen-bond acceptors (Lipinski definition) is 6. The lowest BCUT2D eigenvalue weighted by atomic mass is 10.0. The van der Waals surface area contributed by atoms with Gasteiger partial charge in [-0.3, -0.25) is 9.52 Å². The Morgan fingerprint density at radius 1 is 0.842 bits per heavy atom. The first-order chi connectivity index (χ1) is 18.2. The zero-order valence-electron chi connectivity index (χ0n) is 20.4. The lowest BCUT2D eigenvalue weighted by Gasteiger charge is -2.12. The normalized spacial score (nSPS) is 11.3. The van der Waals surface area contributed by atoms with Crippen LogP contribution in [0.1, 0.15) is 21.9 Å². The number of rotatable bonds is 6. The standard InChI is InChI=1S/C28H22ClN5O3S/c1-17-15-27(31-18(2)30-17)34-38(36,37)20-13-11-19(12-14-20)32-28(35)23-16-26(22-8-3-5-9-24(22)29)33-25-10-6-4-7-21(23)25/h3-16H,1-2H3,(H,32,35)(H,30,31,34). The molecule has 0 fully saturated rings. The number of aryl methyl sites for hydroxylation is 2. The van der Waals surface area contributed by atoms with E-state index in [0.29, 0.717) is 50.0 Å². The first-order valence-electron chi connectivity index (χ1n) is 11.6. The van der Waals surface area contributed by atoms with Crippen LogP contribution in [0.2, 0.25) is 5.02 Å². The second-order valence-electron chi connectivity index (χ2n) is 8.58. The van der Waals surface area contributed by atoms with E-state index in [9.17, 15) is 13.2 Å². The summed E-state index contributed by atoms with van der Waals surface area (Å²) in [7, 11) is -3.89. The summed E-state index contributed by atoms with van der Waals surface area (Å²) in [5.74, 6) is 0.283. The van der Waals surface area contributed by atoms with Gasteiger partial charge < -0.3 is 5.32 Å². The van der Waals surface area contributed by atoms with E-state index in [1.54, 1.807) is 32.0 Å². The maximum absolute atomic E-state index is 13.4. The topological polar surface area (TPSA) is 114 Å². The number of nitrogens with one attached hydrogen (secondary N) is 2. The highest BCUT2D eigenvalue weighted by atomic mass is 35.5. The third kappa shape index (κ3) is 5.34. The lowest BCUT2D eigenvalue weighted by Crippen LogP contribution is -2.15. The van der Waals surface area contributed by atoms with Gasteiger partial charge in [-0.25, -0.2) is 23.4 Å². The molecule has 2 aromatic heterocycles. The number of pyridine rings is 1. The molecule has 0 aliphatic heterocycles. The predicted octanol–water partition coefficient (Wildman–Crippen LogP) is 6.02. The Labute approximate surface area is 224 Å². The molecule has 5 aromatic rings. The molecule has 190 valence electrons. The van der Waals surface area contributed by atoms with Crippen molar-refractivity contribution in [3.05, 3.63) is 107 Å². The van der Waals surface area contributed by atoms with Crippen LogP contribution in [-0.2, 0) is 10.0 Å². The quantitative estimate of drug-likeness (QED) is 0.271. The molecule has 0 unspecified atom stereocenters. The van der Waals surface area contributed by atoms with Gasteiger partial charge in [0.15, 0.2) is 0 Å². The monoisotopic (exact) mass is 543 g/mol. The second-order valence-corrected chi connectivity index (χ2v) is 10.7. The number of anilines is 2. The summed E-state index contributed by atoms with van der Waals surface area (Å²) in [6.45, 7) is 3.44. The van der Waals surface area contributed by atoms with Gasteiger partial charge in [0.25, 0.3) is 15.9 Å². The Morgan fingerprint density at radius 3 is 2.29 bits per heavy atom.